The average molecular weight is 308 g/mol. The van der Waals surface area contributed by atoms with Crippen LogP contribution in [0.25, 0.3) is 0 Å². The SMILES string of the molecule is CCOC(=O)C1CCN(C(=S)N[C@H]2C[C@@H]3C=C[C@H]2C3)CC1. The van der Waals surface area contributed by atoms with Crippen LogP contribution in [0, 0.1) is 17.8 Å². The minimum absolute atomic E-state index is 0.0470. The third-order valence-electron chi connectivity index (χ3n) is 4.99. The molecule has 1 heterocycles. The van der Waals surface area contributed by atoms with Gasteiger partial charge in [-0.2, -0.15) is 0 Å². The van der Waals surface area contributed by atoms with Crippen LogP contribution in [-0.2, 0) is 9.53 Å². The van der Waals surface area contributed by atoms with Gasteiger partial charge < -0.3 is 15.0 Å². The van der Waals surface area contributed by atoms with Gasteiger partial charge in [-0.1, -0.05) is 12.2 Å². The van der Waals surface area contributed by atoms with Crippen LogP contribution in [0.2, 0.25) is 0 Å². The molecule has 0 aromatic rings. The summed E-state index contributed by atoms with van der Waals surface area (Å²) in [7, 11) is 0. The summed E-state index contributed by atoms with van der Waals surface area (Å²) in [5.74, 6) is 1.42. The quantitative estimate of drug-likeness (QED) is 0.491. The van der Waals surface area contributed by atoms with Crippen molar-refractivity contribution >= 4 is 23.3 Å². The number of piperidine rings is 1. The number of hydrogen-bond acceptors (Lipinski definition) is 3. The third kappa shape index (κ3) is 3.23. The molecule has 21 heavy (non-hydrogen) atoms. The molecular formula is C16H24N2O2S. The summed E-state index contributed by atoms with van der Waals surface area (Å²) in [6, 6.07) is 0.510. The molecule has 5 heteroatoms. The molecule has 116 valence electrons. The van der Waals surface area contributed by atoms with Gasteiger partial charge in [0.1, 0.15) is 0 Å². The maximum Gasteiger partial charge on any atom is 0.309 e. The van der Waals surface area contributed by atoms with E-state index < -0.39 is 0 Å². The number of nitrogens with one attached hydrogen (secondary N) is 1. The van der Waals surface area contributed by atoms with Crippen molar-refractivity contribution in [1.82, 2.24) is 10.2 Å². The molecule has 0 aromatic heterocycles. The van der Waals surface area contributed by atoms with Crippen molar-refractivity contribution in [2.75, 3.05) is 19.7 Å². The first-order valence-corrected chi connectivity index (χ1v) is 8.48. The monoisotopic (exact) mass is 308 g/mol. The fourth-order valence-electron chi connectivity index (χ4n) is 3.77. The second-order valence-corrected chi connectivity index (χ2v) is 6.74. The van der Waals surface area contributed by atoms with E-state index in [4.69, 9.17) is 17.0 Å². The maximum absolute atomic E-state index is 11.7. The highest BCUT2D eigenvalue weighted by Crippen LogP contribution is 2.39. The van der Waals surface area contributed by atoms with Gasteiger partial charge in [0, 0.05) is 19.1 Å². The standard InChI is InChI=1S/C16H24N2O2S/c1-2-20-15(19)12-5-7-18(8-6-12)16(21)17-14-10-11-3-4-13(14)9-11/h3-4,11-14H,2,5-10H2,1H3,(H,17,21)/t11-,13+,14+/m1/s1. The van der Waals surface area contributed by atoms with E-state index in [1.54, 1.807) is 0 Å². The Morgan fingerprint density at radius 2 is 2.10 bits per heavy atom. The number of nitrogens with zero attached hydrogens (tertiary/aromatic N) is 1. The van der Waals surface area contributed by atoms with Gasteiger partial charge in [0.05, 0.1) is 12.5 Å². The van der Waals surface area contributed by atoms with Crippen LogP contribution in [0.4, 0.5) is 0 Å². The number of esters is 1. The largest absolute Gasteiger partial charge is 0.466 e. The zero-order valence-electron chi connectivity index (χ0n) is 12.6. The second-order valence-electron chi connectivity index (χ2n) is 6.35. The fraction of sp³-hybridized carbons (Fsp3) is 0.750. The number of carbonyl (C=O) groups is 1. The van der Waals surface area contributed by atoms with Gasteiger partial charge in [-0.3, -0.25) is 4.79 Å². The average Bonchev–Trinajstić information content (AvgIpc) is 3.10. The molecule has 0 spiro atoms. The van der Waals surface area contributed by atoms with Crippen molar-refractivity contribution in [3.05, 3.63) is 12.2 Å². The number of carbonyl (C=O) groups excluding carboxylic acids is 1. The van der Waals surface area contributed by atoms with Crippen LogP contribution in [0.1, 0.15) is 32.6 Å². The molecule has 3 atom stereocenters. The number of likely N-dealkylation sites (tertiary alicyclic amines) is 1. The molecule has 0 aromatic carbocycles. The molecule has 2 aliphatic carbocycles. The lowest BCUT2D eigenvalue weighted by atomic mass is 9.97. The van der Waals surface area contributed by atoms with E-state index in [0.29, 0.717) is 18.6 Å². The van der Waals surface area contributed by atoms with E-state index >= 15 is 0 Å². The van der Waals surface area contributed by atoms with Crippen molar-refractivity contribution in [1.29, 1.82) is 0 Å². The summed E-state index contributed by atoms with van der Waals surface area (Å²) in [4.78, 5) is 14.0. The normalized spacial score (nSPS) is 31.5. The third-order valence-corrected chi connectivity index (χ3v) is 5.37. The number of allylic oxidation sites excluding steroid dienone is 1. The van der Waals surface area contributed by atoms with Crippen LogP contribution < -0.4 is 5.32 Å². The van der Waals surface area contributed by atoms with Gasteiger partial charge in [0.15, 0.2) is 5.11 Å². The van der Waals surface area contributed by atoms with Crippen molar-refractivity contribution in [3.63, 3.8) is 0 Å². The number of rotatable bonds is 3. The molecule has 2 bridgehead atoms. The predicted molar refractivity (Wildman–Crippen MR) is 85.8 cm³/mol. The Kier molecular flexibility index (Phi) is 4.48. The molecule has 0 amide bonds. The van der Waals surface area contributed by atoms with Crippen LogP contribution in [-0.4, -0.2) is 41.7 Å². The summed E-state index contributed by atoms with van der Waals surface area (Å²) in [5.41, 5.74) is 0. The lowest BCUT2D eigenvalue weighted by Gasteiger charge is -2.34. The molecule has 3 aliphatic rings. The van der Waals surface area contributed by atoms with Gasteiger partial charge in [-0.25, -0.2) is 0 Å². The van der Waals surface area contributed by atoms with Gasteiger partial charge in [0.25, 0.3) is 0 Å². The van der Waals surface area contributed by atoms with Crippen LogP contribution in [0.15, 0.2) is 12.2 Å². The van der Waals surface area contributed by atoms with Gasteiger partial charge >= 0.3 is 5.97 Å². The first-order chi connectivity index (χ1) is 10.2. The lowest BCUT2D eigenvalue weighted by molar-refractivity contribution is -0.149. The molecule has 1 aliphatic heterocycles. The Morgan fingerprint density at radius 1 is 1.33 bits per heavy atom. The highest BCUT2D eigenvalue weighted by atomic mass is 32.1. The van der Waals surface area contributed by atoms with E-state index in [1.807, 2.05) is 6.92 Å². The van der Waals surface area contributed by atoms with E-state index in [0.717, 1.165) is 37.0 Å². The second kappa shape index (κ2) is 6.34. The predicted octanol–water partition coefficient (Wildman–Crippen LogP) is 2.10. The summed E-state index contributed by atoms with van der Waals surface area (Å²) in [5, 5.41) is 4.40. The Balaban J connectivity index is 1.45. The topological polar surface area (TPSA) is 41.6 Å². The van der Waals surface area contributed by atoms with Crippen molar-refractivity contribution < 1.29 is 9.53 Å². The highest BCUT2D eigenvalue weighted by molar-refractivity contribution is 7.80. The van der Waals surface area contributed by atoms with Gasteiger partial charge in [-0.15, -0.1) is 0 Å². The maximum atomic E-state index is 11.7. The molecule has 4 nitrogen and oxygen atoms in total. The van der Waals surface area contributed by atoms with Crippen molar-refractivity contribution in [2.45, 2.75) is 38.6 Å². The summed E-state index contributed by atoms with van der Waals surface area (Å²) < 4.78 is 5.10. The number of ether oxygens (including phenoxy) is 1. The molecule has 1 saturated heterocycles. The highest BCUT2D eigenvalue weighted by Gasteiger charge is 2.36. The molecule has 1 saturated carbocycles. The summed E-state index contributed by atoms with van der Waals surface area (Å²) in [6.45, 7) is 4.03. The van der Waals surface area contributed by atoms with Crippen LogP contribution in [0.5, 0.6) is 0 Å². The lowest BCUT2D eigenvalue weighted by Crippen LogP contribution is -2.49. The minimum atomic E-state index is -0.0470. The molecular weight excluding hydrogens is 284 g/mol. The Hall–Kier alpha value is -1.10. The zero-order chi connectivity index (χ0) is 14.8. The molecule has 0 unspecified atom stereocenters. The summed E-state index contributed by atoms with van der Waals surface area (Å²) >= 11 is 5.56. The summed E-state index contributed by atoms with van der Waals surface area (Å²) in [6.07, 6.45) is 8.86. The zero-order valence-corrected chi connectivity index (χ0v) is 13.4. The smallest absolute Gasteiger partial charge is 0.309 e. The molecule has 3 rings (SSSR count). The van der Waals surface area contributed by atoms with E-state index in [-0.39, 0.29) is 11.9 Å². The number of thiocarbonyl (C=S) groups is 1. The van der Waals surface area contributed by atoms with Crippen molar-refractivity contribution in [2.24, 2.45) is 17.8 Å². The van der Waals surface area contributed by atoms with Gasteiger partial charge in [0.2, 0.25) is 0 Å². The Labute approximate surface area is 131 Å². The van der Waals surface area contributed by atoms with Crippen molar-refractivity contribution in [3.8, 4) is 0 Å². The molecule has 1 N–H and O–H groups in total. The van der Waals surface area contributed by atoms with E-state index in [1.165, 1.54) is 12.8 Å². The number of fused-ring (bicyclic) bond motifs is 2. The molecule has 2 fully saturated rings. The minimum Gasteiger partial charge on any atom is -0.466 e. The van der Waals surface area contributed by atoms with Crippen LogP contribution >= 0.6 is 12.2 Å². The first kappa shape index (κ1) is 14.8. The first-order valence-electron chi connectivity index (χ1n) is 8.07. The van der Waals surface area contributed by atoms with E-state index in [9.17, 15) is 4.79 Å². The number of hydrogen-bond donors (Lipinski definition) is 1. The Morgan fingerprint density at radius 3 is 2.67 bits per heavy atom. The fourth-order valence-corrected chi connectivity index (χ4v) is 4.11. The molecule has 0 radical (unpaired) electrons. The van der Waals surface area contributed by atoms with Crippen LogP contribution in [0.3, 0.4) is 0 Å². The Bertz CT molecular complexity index is 444. The van der Waals surface area contributed by atoms with Gasteiger partial charge in [-0.05, 0) is 56.7 Å². The van der Waals surface area contributed by atoms with E-state index in [2.05, 4.69) is 22.4 Å².